The third-order valence-electron chi connectivity index (χ3n) is 3.60. The minimum absolute atomic E-state index is 0.0241. The van der Waals surface area contributed by atoms with Crippen LogP contribution in [0, 0.1) is 17.0 Å². The van der Waals surface area contributed by atoms with E-state index in [0.29, 0.717) is 10.8 Å². The van der Waals surface area contributed by atoms with E-state index in [2.05, 4.69) is 15.3 Å². The molecule has 7 nitrogen and oxygen atoms in total. The molecule has 0 aliphatic carbocycles. The normalized spacial score (nSPS) is 10.4. The summed E-state index contributed by atoms with van der Waals surface area (Å²) in [5.41, 5.74) is 3.09. The predicted molar refractivity (Wildman–Crippen MR) is 105 cm³/mol. The van der Waals surface area contributed by atoms with Gasteiger partial charge in [0, 0.05) is 29.1 Å². The number of nitro benzene ring substituents is 1. The number of hydrogen-bond acceptors (Lipinski definition) is 6. The van der Waals surface area contributed by atoms with Crippen LogP contribution in [0.25, 0.3) is 11.3 Å². The monoisotopic (exact) mass is 380 g/mol. The van der Waals surface area contributed by atoms with Crippen molar-refractivity contribution in [3.8, 4) is 11.3 Å². The average molecular weight is 380 g/mol. The van der Waals surface area contributed by atoms with E-state index in [4.69, 9.17) is 0 Å². The molecule has 1 aromatic heterocycles. The van der Waals surface area contributed by atoms with Crippen LogP contribution in [0.5, 0.6) is 0 Å². The molecule has 0 radical (unpaired) electrons. The van der Waals surface area contributed by atoms with E-state index in [-0.39, 0.29) is 17.3 Å². The van der Waals surface area contributed by atoms with Gasteiger partial charge in [0.1, 0.15) is 0 Å². The Kier molecular flexibility index (Phi) is 5.77. The van der Waals surface area contributed by atoms with Crippen molar-refractivity contribution in [1.29, 1.82) is 0 Å². The first-order valence-corrected chi connectivity index (χ1v) is 9.08. The lowest BCUT2D eigenvalue weighted by atomic mass is 10.1. The van der Waals surface area contributed by atoms with E-state index in [1.54, 1.807) is 0 Å². The molecular weight excluding hydrogens is 364 g/mol. The number of carbonyl (C=O) groups is 1. The maximum absolute atomic E-state index is 12.1. The maximum Gasteiger partial charge on any atom is 0.269 e. The number of rotatable bonds is 6. The molecule has 0 saturated heterocycles. The van der Waals surface area contributed by atoms with Gasteiger partial charge in [-0.2, -0.15) is 0 Å². The first kappa shape index (κ1) is 18.5. The van der Waals surface area contributed by atoms with Crippen LogP contribution in [0.1, 0.15) is 5.69 Å². The summed E-state index contributed by atoms with van der Waals surface area (Å²) in [6, 6.07) is 17.3. The Morgan fingerprint density at radius 1 is 1.11 bits per heavy atom. The van der Waals surface area contributed by atoms with Crippen molar-refractivity contribution in [2.75, 3.05) is 11.1 Å². The van der Waals surface area contributed by atoms with Gasteiger partial charge in [-0.25, -0.2) is 9.97 Å². The molecule has 8 heteroatoms. The summed E-state index contributed by atoms with van der Waals surface area (Å²) in [6.07, 6.45) is 0. The number of hydrogen-bond donors (Lipinski definition) is 1. The Bertz CT molecular complexity index is 962. The van der Waals surface area contributed by atoms with E-state index in [0.717, 1.165) is 17.0 Å². The van der Waals surface area contributed by atoms with Gasteiger partial charge in [0.25, 0.3) is 5.69 Å². The molecule has 136 valence electrons. The van der Waals surface area contributed by atoms with Crippen molar-refractivity contribution >= 4 is 29.0 Å². The van der Waals surface area contributed by atoms with Gasteiger partial charge in [0.05, 0.1) is 16.4 Å². The Morgan fingerprint density at radius 2 is 1.81 bits per heavy atom. The number of benzene rings is 2. The molecule has 3 aromatic rings. The molecule has 2 aromatic carbocycles. The Labute approximate surface area is 160 Å². The van der Waals surface area contributed by atoms with Crippen LogP contribution < -0.4 is 5.32 Å². The summed E-state index contributed by atoms with van der Waals surface area (Å²) in [7, 11) is 0. The smallest absolute Gasteiger partial charge is 0.269 e. The number of aryl methyl sites for hydroxylation is 1. The lowest BCUT2D eigenvalue weighted by Crippen LogP contribution is -2.14. The van der Waals surface area contributed by atoms with Crippen LogP contribution in [0.3, 0.4) is 0 Å². The number of anilines is 1. The van der Waals surface area contributed by atoms with Gasteiger partial charge < -0.3 is 5.32 Å². The molecule has 0 aliphatic heterocycles. The zero-order valence-corrected chi connectivity index (χ0v) is 15.3. The van der Waals surface area contributed by atoms with Gasteiger partial charge in [-0.05, 0) is 25.1 Å². The number of non-ortho nitro benzene ring substituents is 1. The second-order valence-electron chi connectivity index (χ2n) is 5.68. The molecule has 27 heavy (non-hydrogen) atoms. The third kappa shape index (κ3) is 5.11. The van der Waals surface area contributed by atoms with Crippen molar-refractivity contribution in [1.82, 2.24) is 9.97 Å². The van der Waals surface area contributed by atoms with Gasteiger partial charge in [0.15, 0.2) is 5.16 Å². The quantitative estimate of drug-likeness (QED) is 0.299. The van der Waals surface area contributed by atoms with Crippen molar-refractivity contribution in [2.45, 2.75) is 12.1 Å². The molecule has 0 saturated carbocycles. The standard InChI is InChI=1S/C19H16N4O3S/c1-13-11-17(14-5-3-2-4-6-14)22-19(20-13)27-12-18(24)21-15-7-9-16(10-8-15)23(25)26/h2-11H,12H2,1H3,(H,21,24). The van der Waals surface area contributed by atoms with Gasteiger partial charge >= 0.3 is 0 Å². The number of thioether (sulfide) groups is 1. The van der Waals surface area contributed by atoms with Crippen LogP contribution in [0.15, 0.2) is 65.8 Å². The highest BCUT2D eigenvalue weighted by molar-refractivity contribution is 7.99. The van der Waals surface area contributed by atoms with Crippen LogP contribution in [-0.2, 0) is 4.79 Å². The molecular formula is C19H16N4O3S. The fraction of sp³-hybridized carbons (Fsp3) is 0.105. The maximum atomic E-state index is 12.1. The molecule has 0 unspecified atom stereocenters. The zero-order valence-electron chi connectivity index (χ0n) is 14.5. The Morgan fingerprint density at radius 3 is 2.48 bits per heavy atom. The summed E-state index contributed by atoms with van der Waals surface area (Å²) in [4.78, 5) is 31.2. The molecule has 1 heterocycles. The largest absolute Gasteiger partial charge is 0.325 e. The van der Waals surface area contributed by atoms with E-state index in [1.807, 2.05) is 43.3 Å². The van der Waals surface area contributed by atoms with Crippen molar-refractivity contribution < 1.29 is 9.72 Å². The van der Waals surface area contributed by atoms with E-state index >= 15 is 0 Å². The Balaban J connectivity index is 1.63. The highest BCUT2D eigenvalue weighted by Gasteiger charge is 2.10. The van der Waals surface area contributed by atoms with Crippen LogP contribution >= 0.6 is 11.8 Å². The summed E-state index contributed by atoms with van der Waals surface area (Å²) < 4.78 is 0. The topological polar surface area (TPSA) is 98.0 Å². The average Bonchev–Trinajstić information content (AvgIpc) is 2.67. The molecule has 0 bridgehead atoms. The first-order chi connectivity index (χ1) is 13.0. The SMILES string of the molecule is Cc1cc(-c2ccccc2)nc(SCC(=O)Nc2ccc([N+](=O)[O-])cc2)n1. The lowest BCUT2D eigenvalue weighted by molar-refractivity contribution is -0.384. The highest BCUT2D eigenvalue weighted by Crippen LogP contribution is 2.22. The zero-order chi connectivity index (χ0) is 19.2. The minimum Gasteiger partial charge on any atom is -0.325 e. The van der Waals surface area contributed by atoms with Crippen LogP contribution in [-0.4, -0.2) is 26.6 Å². The molecule has 1 N–H and O–H groups in total. The number of nitrogens with zero attached hydrogens (tertiary/aromatic N) is 3. The number of carbonyl (C=O) groups excluding carboxylic acids is 1. The van der Waals surface area contributed by atoms with Gasteiger partial charge in [0.2, 0.25) is 5.91 Å². The molecule has 0 spiro atoms. The van der Waals surface area contributed by atoms with Crippen molar-refractivity contribution in [2.24, 2.45) is 0 Å². The number of aromatic nitrogens is 2. The number of amides is 1. The molecule has 0 fully saturated rings. The third-order valence-corrected chi connectivity index (χ3v) is 4.44. The van der Waals surface area contributed by atoms with Crippen LogP contribution in [0.2, 0.25) is 0 Å². The summed E-state index contributed by atoms with van der Waals surface area (Å²) in [6.45, 7) is 1.88. The van der Waals surface area contributed by atoms with Crippen LogP contribution in [0.4, 0.5) is 11.4 Å². The lowest BCUT2D eigenvalue weighted by Gasteiger charge is -2.07. The second-order valence-corrected chi connectivity index (χ2v) is 6.63. The minimum atomic E-state index is -0.485. The van der Waals surface area contributed by atoms with Crippen molar-refractivity contribution in [3.63, 3.8) is 0 Å². The fourth-order valence-corrected chi connectivity index (χ4v) is 3.06. The first-order valence-electron chi connectivity index (χ1n) is 8.09. The molecule has 0 atom stereocenters. The second kappa shape index (κ2) is 8.41. The summed E-state index contributed by atoms with van der Waals surface area (Å²) in [5, 5.41) is 13.9. The fourth-order valence-electron chi connectivity index (χ4n) is 2.36. The molecule has 1 amide bonds. The van der Waals surface area contributed by atoms with E-state index in [1.165, 1.54) is 36.0 Å². The molecule has 0 aliphatic rings. The predicted octanol–water partition coefficient (Wildman–Crippen LogP) is 4.09. The number of nitrogens with one attached hydrogen (secondary N) is 1. The highest BCUT2D eigenvalue weighted by atomic mass is 32.2. The van der Waals surface area contributed by atoms with Gasteiger partial charge in [-0.1, -0.05) is 42.1 Å². The van der Waals surface area contributed by atoms with Gasteiger partial charge in [-0.15, -0.1) is 0 Å². The van der Waals surface area contributed by atoms with Crippen molar-refractivity contribution in [3.05, 3.63) is 76.5 Å². The van der Waals surface area contributed by atoms with E-state index < -0.39 is 4.92 Å². The summed E-state index contributed by atoms with van der Waals surface area (Å²) in [5.74, 6) is -0.102. The Hall–Kier alpha value is -3.26. The van der Waals surface area contributed by atoms with E-state index in [9.17, 15) is 14.9 Å². The molecule has 3 rings (SSSR count). The number of nitro groups is 1. The van der Waals surface area contributed by atoms with Gasteiger partial charge in [-0.3, -0.25) is 14.9 Å². The summed E-state index contributed by atoms with van der Waals surface area (Å²) >= 11 is 1.24.